The second-order valence-electron chi connectivity index (χ2n) is 6.39. The monoisotopic (exact) mass is 319 g/mol. The number of allylic oxidation sites excluding steroid dienone is 2. The molecule has 5 heteroatoms. The highest BCUT2D eigenvalue weighted by Gasteiger charge is 2.42. The lowest BCUT2D eigenvalue weighted by Gasteiger charge is -2.38. The molecule has 4 nitrogen and oxygen atoms in total. The van der Waals surface area contributed by atoms with Gasteiger partial charge in [0.2, 0.25) is 10.0 Å². The molecular weight excluding hydrogens is 298 g/mol. The number of sulfonamides is 1. The van der Waals surface area contributed by atoms with E-state index in [2.05, 4.69) is 18.2 Å². The van der Waals surface area contributed by atoms with Crippen molar-refractivity contribution in [3.05, 3.63) is 41.5 Å². The lowest BCUT2D eigenvalue weighted by atomic mass is 9.75. The summed E-state index contributed by atoms with van der Waals surface area (Å²) in [4.78, 5) is 11.2. The minimum Gasteiger partial charge on any atom is -0.303 e. The molecule has 0 saturated carbocycles. The third-order valence-corrected chi connectivity index (χ3v) is 6.29. The fourth-order valence-electron chi connectivity index (χ4n) is 3.70. The molecule has 0 bridgehead atoms. The van der Waals surface area contributed by atoms with Gasteiger partial charge in [0.05, 0.1) is 6.26 Å². The first-order valence-corrected chi connectivity index (χ1v) is 9.45. The Bertz CT molecular complexity index is 728. The summed E-state index contributed by atoms with van der Waals surface area (Å²) < 4.78 is 25.0. The van der Waals surface area contributed by atoms with Gasteiger partial charge in [-0.2, -0.15) is 0 Å². The van der Waals surface area contributed by atoms with Crippen LogP contribution in [0, 0.1) is 5.92 Å². The van der Waals surface area contributed by atoms with Crippen molar-refractivity contribution in [3.63, 3.8) is 0 Å². The van der Waals surface area contributed by atoms with Crippen LogP contribution in [0.5, 0.6) is 0 Å². The minimum absolute atomic E-state index is 0.121. The van der Waals surface area contributed by atoms with Crippen LogP contribution in [-0.4, -0.2) is 38.4 Å². The van der Waals surface area contributed by atoms with Crippen LogP contribution in [0.15, 0.2) is 30.3 Å². The lowest BCUT2D eigenvalue weighted by molar-refractivity contribution is -0.109. The van der Waals surface area contributed by atoms with E-state index >= 15 is 0 Å². The van der Waals surface area contributed by atoms with Crippen LogP contribution in [0.1, 0.15) is 30.9 Å². The molecule has 118 valence electrons. The van der Waals surface area contributed by atoms with E-state index in [4.69, 9.17) is 0 Å². The number of benzene rings is 1. The zero-order valence-corrected chi connectivity index (χ0v) is 13.8. The predicted octanol–water partition coefficient (Wildman–Crippen LogP) is 2.21. The highest BCUT2D eigenvalue weighted by Crippen LogP contribution is 2.48. The molecule has 1 unspecified atom stereocenters. The van der Waals surface area contributed by atoms with Crippen molar-refractivity contribution in [3.8, 4) is 0 Å². The van der Waals surface area contributed by atoms with Gasteiger partial charge in [0.1, 0.15) is 6.29 Å². The summed E-state index contributed by atoms with van der Waals surface area (Å²) in [5, 5.41) is 0. The first kappa shape index (κ1) is 15.4. The molecule has 1 fully saturated rings. The van der Waals surface area contributed by atoms with Crippen LogP contribution in [0.4, 0.5) is 0 Å². The quantitative estimate of drug-likeness (QED) is 0.803. The number of hydrogen-bond acceptors (Lipinski definition) is 3. The molecule has 0 radical (unpaired) electrons. The maximum absolute atomic E-state index is 11.7. The minimum atomic E-state index is -3.13. The van der Waals surface area contributed by atoms with Gasteiger partial charge in [-0.05, 0) is 29.5 Å². The van der Waals surface area contributed by atoms with Crippen LogP contribution >= 0.6 is 0 Å². The maximum Gasteiger partial charge on any atom is 0.211 e. The SMILES string of the molecule is CC(C=O)C1=CC2(CCN(S(C)(=O)=O)CC2)c2ccccc21. The van der Waals surface area contributed by atoms with Crippen molar-refractivity contribution in [1.82, 2.24) is 4.31 Å². The topological polar surface area (TPSA) is 54.5 Å². The van der Waals surface area contributed by atoms with Crippen molar-refractivity contribution < 1.29 is 13.2 Å². The van der Waals surface area contributed by atoms with E-state index in [1.165, 1.54) is 11.8 Å². The summed E-state index contributed by atoms with van der Waals surface area (Å²) in [6.45, 7) is 2.99. The highest BCUT2D eigenvalue weighted by molar-refractivity contribution is 7.88. The largest absolute Gasteiger partial charge is 0.303 e. The van der Waals surface area contributed by atoms with Gasteiger partial charge >= 0.3 is 0 Å². The van der Waals surface area contributed by atoms with E-state index in [1.807, 2.05) is 19.1 Å². The molecule has 0 amide bonds. The number of rotatable bonds is 3. The second-order valence-corrected chi connectivity index (χ2v) is 8.37. The van der Waals surface area contributed by atoms with E-state index in [-0.39, 0.29) is 11.3 Å². The van der Waals surface area contributed by atoms with Crippen LogP contribution < -0.4 is 0 Å². The van der Waals surface area contributed by atoms with Gasteiger partial charge in [-0.15, -0.1) is 0 Å². The molecule has 0 aromatic heterocycles. The molecule has 22 heavy (non-hydrogen) atoms. The fraction of sp³-hybridized carbons (Fsp3) is 0.471. The first-order valence-electron chi connectivity index (χ1n) is 7.60. The fourth-order valence-corrected chi connectivity index (χ4v) is 4.55. The molecule has 1 spiro atoms. The smallest absolute Gasteiger partial charge is 0.211 e. The molecule has 1 heterocycles. The summed E-state index contributed by atoms with van der Waals surface area (Å²) in [6, 6.07) is 8.20. The highest BCUT2D eigenvalue weighted by atomic mass is 32.2. The van der Waals surface area contributed by atoms with Gasteiger partial charge in [0.15, 0.2) is 0 Å². The van der Waals surface area contributed by atoms with Crippen molar-refractivity contribution in [2.75, 3.05) is 19.3 Å². The molecule has 0 N–H and O–H groups in total. The summed E-state index contributed by atoms with van der Waals surface area (Å²) in [5.41, 5.74) is 3.35. The third kappa shape index (κ3) is 2.42. The van der Waals surface area contributed by atoms with Crippen molar-refractivity contribution in [2.45, 2.75) is 25.2 Å². The van der Waals surface area contributed by atoms with Gasteiger partial charge in [-0.3, -0.25) is 0 Å². The van der Waals surface area contributed by atoms with E-state index in [0.717, 1.165) is 30.3 Å². The Kier molecular flexibility index (Phi) is 3.73. The number of piperidine rings is 1. The third-order valence-electron chi connectivity index (χ3n) is 4.98. The number of nitrogens with zero attached hydrogens (tertiary/aromatic N) is 1. The summed E-state index contributed by atoms with van der Waals surface area (Å²) in [7, 11) is -3.13. The van der Waals surface area contributed by atoms with E-state index in [1.54, 1.807) is 4.31 Å². The number of carbonyl (C=O) groups excluding carboxylic acids is 1. The van der Waals surface area contributed by atoms with Crippen LogP contribution in [0.3, 0.4) is 0 Å². The van der Waals surface area contributed by atoms with Gasteiger partial charge in [-0.25, -0.2) is 12.7 Å². The van der Waals surface area contributed by atoms with Crippen LogP contribution in [0.2, 0.25) is 0 Å². The lowest BCUT2D eigenvalue weighted by Crippen LogP contribution is -2.43. The number of hydrogen-bond donors (Lipinski definition) is 0. The number of aldehydes is 1. The van der Waals surface area contributed by atoms with Gasteiger partial charge in [0.25, 0.3) is 0 Å². The van der Waals surface area contributed by atoms with Crippen LogP contribution in [0.25, 0.3) is 5.57 Å². The Labute approximate surface area is 131 Å². The molecule has 1 aromatic carbocycles. The van der Waals surface area contributed by atoms with Gasteiger partial charge in [-0.1, -0.05) is 37.3 Å². The summed E-state index contributed by atoms with van der Waals surface area (Å²) in [5.74, 6) is -0.131. The Morgan fingerprint density at radius 1 is 1.23 bits per heavy atom. The zero-order valence-electron chi connectivity index (χ0n) is 13.0. The number of carbonyl (C=O) groups is 1. The molecule has 1 atom stereocenters. The Morgan fingerprint density at radius 2 is 1.86 bits per heavy atom. The molecule has 1 aliphatic heterocycles. The summed E-state index contributed by atoms with van der Waals surface area (Å²) in [6.07, 6.45) is 6.01. The van der Waals surface area contributed by atoms with Crippen LogP contribution in [-0.2, 0) is 20.2 Å². The van der Waals surface area contributed by atoms with E-state index in [9.17, 15) is 13.2 Å². The molecule has 2 aliphatic rings. The maximum atomic E-state index is 11.7. The Morgan fingerprint density at radius 3 is 2.45 bits per heavy atom. The second kappa shape index (κ2) is 5.32. The molecule has 1 aromatic rings. The number of fused-ring (bicyclic) bond motifs is 2. The van der Waals surface area contributed by atoms with Gasteiger partial charge < -0.3 is 4.79 Å². The Balaban J connectivity index is 1.98. The predicted molar refractivity (Wildman–Crippen MR) is 87.0 cm³/mol. The van der Waals surface area contributed by atoms with Gasteiger partial charge in [0, 0.05) is 24.4 Å². The first-order chi connectivity index (χ1) is 10.4. The zero-order chi connectivity index (χ0) is 16.0. The average Bonchev–Trinajstić information content (AvgIpc) is 2.81. The standard InChI is InChI=1S/C17H21NO3S/c1-13(12-19)15-11-17(16-6-4-3-5-14(15)16)7-9-18(10-8-17)22(2,20)21/h3-6,11-13H,7-10H2,1-2H3. The van der Waals surface area contributed by atoms with E-state index < -0.39 is 10.0 Å². The normalized spacial score (nSPS) is 22.2. The molecule has 1 aliphatic carbocycles. The summed E-state index contributed by atoms with van der Waals surface area (Å²) >= 11 is 0. The van der Waals surface area contributed by atoms with E-state index in [0.29, 0.717) is 13.1 Å². The average molecular weight is 319 g/mol. The van der Waals surface area contributed by atoms with Crippen molar-refractivity contribution >= 4 is 21.9 Å². The molecule has 3 rings (SSSR count). The van der Waals surface area contributed by atoms with Crippen molar-refractivity contribution in [1.29, 1.82) is 0 Å². The molecular formula is C17H21NO3S. The Hall–Kier alpha value is -1.46. The molecule has 1 saturated heterocycles. The van der Waals surface area contributed by atoms with Crippen molar-refractivity contribution in [2.24, 2.45) is 5.92 Å².